The number of aryl methyl sites for hydroxylation is 1. The zero-order valence-corrected chi connectivity index (χ0v) is 14.4. The van der Waals surface area contributed by atoms with Crippen LogP contribution in [0, 0.1) is 6.92 Å². The molecule has 0 radical (unpaired) electrons. The van der Waals surface area contributed by atoms with Crippen LogP contribution in [0.1, 0.15) is 35.2 Å². The number of aliphatic imine (C=N–C) groups is 1. The monoisotopic (exact) mass is 326 g/mol. The van der Waals surface area contributed by atoms with Crippen LogP contribution < -0.4 is 0 Å². The van der Waals surface area contributed by atoms with Gasteiger partial charge in [-0.25, -0.2) is 0 Å². The first kappa shape index (κ1) is 15.6. The van der Waals surface area contributed by atoms with Gasteiger partial charge in [0.1, 0.15) is 0 Å². The third-order valence-corrected chi connectivity index (χ3v) is 5.52. The Morgan fingerprint density at radius 1 is 1.12 bits per heavy atom. The van der Waals surface area contributed by atoms with E-state index in [2.05, 4.69) is 14.8 Å². The molecule has 1 aromatic rings. The number of benzene rings is 1. The number of hydrogen-bond donors (Lipinski definition) is 0. The van der Waals surface area contributed by atoms with Gasteiger partial charge in [0.05, 0.1) is 6.54 Å². The van der Waals surface area contributed by atoms with Crippen LogP contribution in [0.3, 0.4) is 0 Å². The number of nitrogens with zero attached hydrogens (tertiary/aromatic N) is 4. The van der Waals surface area contributed by atoms with Gasteiger partial charge in [-0.15, -0.1) is 0 Å². The number of guanidine groups is 1. The van der Waals surface area contributed by atoms with E-state index in [9.17, 15) is 4.79 Å². The second kappa shape index (κ2) is 6.55. The summed E-state index contributed by atoms with van der Waals surface area (Å²) in [7, 11) is 0. The highest BCUT2D eigenvalue weighted by Gasteiger charge is 2.33. The Bertz CT molecular complexity index is 645. The van der Waals surface area contributed by atoms with E-state index in [1.807, 2.05) is 36.1 Å². The Balaban J connectivity index is 1.42. The highest BCUT2D eigenvalue weighted by molar-refractivity contribution is 6.06. The second-order valence-electron chi connectivity index (χ2n) is 7.12. The van der Waals surface area contributed by atoms with Gasteiger partial charge in [0, 0.05) is 44.3 Å². The van der Waals surface area contributed by atoms with Crippen LogP contribution in [-0.4, -0.2) is 71.9 Å². The first-order valence-corrected chi connectivity index (χ1v) is 9.14. The fourth-order valence-corrected chi connectivity index (χ4v) is 3.87. The Morgan fingerprint density at radius 2 is 1.92 bits per heavy atom. The molecule has 128 valence electrons. The highest BCUT2D eigenvalue weighted by atomic mass is 16.2. The smallest absolute Gasteiger partial charge is 0.260 e. The number of amides is 1. The average Bonchev–Trinajstić information content (AvgIpc) is 3.03. The van der Waals surface area contributed by atoms with Crippen molar-refractivity contribution in [2.24, 2.45) is 4.99 Å². The van der Waals surface area contributed by atoms with Crippen molar-refractivity contribution in [2.45, 2.75) is 32.2 Å². The average molecular weight is 326 g/mol. The summed E-state index contributed by atoms with van der Waals surface area (Å²) in [6.07, 6.45) is 4.11. The molecule has 3 aliphatic rings. The summed E-state index contributed by atoms with van der Waals surface area (Å²) in [4.78, 5) is 24.3. The van der Waals surface area contributed by atoms with Gasteiger partial charge in [-0.2, -0.15) is 0 Å². The zero-order chi connectivity index (χ0) is 16.5. The molecule has 1 saturated heterocycles. The molecule has 2 fully saturated rings. The molecule has 0 unspecified atom stereocenters. The maximum atomic E-state index is 12.9. The van der Waals surface area contributed by atoms with Crippen LogP contribution in [0.5, 0.6) is 0 Å². The van der Waals surface area contributed by atoms with E-state index < -0.39 is 0 Å². The molecule has 0 spiro atoms. The van der Waals surface area contributed by atoms with Gasteiger partial charge in [0.25, 0.3) is 5.91 Å². The lowest BCUT2D eigenvalue weighted by Crippen LogP contribution is -2.56. The van der Waals surface area contributed by atoms with Gasteiger partial charge >= 0.3 is 0 Å². The van der Waals surface area contributed by atoms with Crippen molar-refractivity contribution < 1.29 is 4.79 Å². The van der Waals surface area contributed by atoms with Gasteiger partial charge in [-0.3, -0.25) is 19.6 Å². The van der Waals surface area contributed by atoms with E-state index in [0.29, 0.717) is 6.54 Å². The van der Waals surface area contributed by atoms with Gasteiger partial charge in [-0.1, -0.05) is 24.1 Å². The van der Waals surface area contributed by atoms with Crippen LogP contribution in [0.25, 0.3) is 0 Å². The SMILES string of the molecule is Cc1cccc(C(=O)N2CCN=C2N2CCN(C3CCC3)CC2)c1. The normalized spacial score (nSPS) is 22.5. The molecular formula is C19H26N4O. The molecule has 0 N–H and O–H groups in total. The molecule has 1 aromatic carbocycles. The van der Waals surface area contributed by atoms with Crippen molar-refractivity contribution >= 4 is 11.9 Å². The summed E-state index contributed by atoms with van der Waals surface area (Å²) in [5.74, 6) is 0.964. The largest absolute Gasteiger partial charge is 0.340 e. The molecule has 24 heavy (non-hydrogen) atoms. The maximum Gasteiger partial charge on any atom is 0.260 e. The van der Waals surface area contributed by atoms with Crippen molar-refractivity contribution in [3.05, 3.63) is 35.4 Å². The van der Waals surface area contributed by atoms with Gasteiger partial charge in [0.2, 0.25) is 5.96 Å². The zero-order valence-electron chi connectivity index (χ0n) is 14.4. The number of carbonyl (C=O) groups is 1. The van der Waals surface area contributed by atoms with Crippen LogP contribution in [-0.2, 0) is 0 Å². The molecule has 0 bridgehead atoms. The summed E-state index contributed by atoms with van der Waals surface area (Å²) < 4.78 is 0. The van der Waals surface area contributed by atoms with Crippen molar-refractivity contribution in [3.63, 3.8) is 0 Å². The fraction of sp³-hybridized carbons (Fsp3) is 0.579. The Hall–Kier alpha value is -1.88. The minimum Gasteiger partial charge on any atom is -0.340 e. The predicted molar refractivity (Wildman–Crippen MR) is 95.3 cm³/mol. The molecule has 2 heterocycles. The summed E-state index contributed by atoms with van der Waals surface area (Å²) >= 11 is 0. The maximum absolute atomic E-state index is 12.9. The van der Waals surface area contributed by atoms with Gasteiger partial charge in [-0.05, 0) is 31.9 Å². The Labute approximate surface area is 143 Å². The molecule has 1 aliphatic carbocycles. The van der Waals surface area contributed by atoms with Gasteiger partial charge < -0.3 is 4.90 Å². The van der Waals surface area contributed by atoms with E-state index >= 15 is 0 Å². The summed E-state index contributed by atoms with van der Waals surface area (Å²) in [5.41, 5.74) is 1.88. The Morgan fingerprint density at radius 3 is 2.58 bits per heavy atom. The third kappa shape index (κ3) is 2.93. The van der Waals surface area contributed by atoms with E-state index in [0.717, 1.165) is 55.9 Å². The predicted octanol–water partition coefficient (Wildman–Crippen LogP) is 1.98. The first-order valence-electron chi connectivity index (χ1n) is 9.14. The molecule has 5 nitrogen and oxygen atoms in total. The summed E-state index contributed by atoms with van der Waals surface area (Å²) in [6, 6.07) is 8.65. The standard InChI is InChI=1S/C19H26N4O/c1-15-4-2-5-16(14-15)18(24)23-9-8-20-19(23)22-12-10-21(11-13-22)17-6-3-7-17/h2,4-5,14,17H,3,6-13H2,1H3. The number of hydrogen-bond acceptors (Lipinski definition) is 4. The molecule has 1 amide bonds. The van der Waals surface area contributed by atoms with Crippen LogP contribution in [0.15, 0.2) is 29.3 Å². The molecule has 0 aromatic heterocycles. The molecule has 0 atom stereocenters. The van der Waals surface area contributed by atoms with E-state index in [1.54, 1.807) is 0 Å². The van der Waals surface area contributed by atoms with Crippen LogP contribution >= 0.6 is 0 Å². The number of rotatable bonds is 2. The molecular weight excluding hydrogens is 300 g/mol. The van der Waals surface area contributed by atoms with Gasteiger partial charge in [0.15, 0.2) is 0 Å². The lowest BCUT2D eigenvalue weighted by atomic mass is 9.91. The van der Waals surface area contributed by atoms with Crippen molar-refractivity contribution in [3.8, 4) is 0 Å². The quantitative estimate of drug-likeness (QED) is 0.834. The molecule has 2 aliphatic heterocycles. The highest BCUT2D eigenvalue weighted by Crippen LogP contribution is 2.26. The lowest BCUT2D eigenvalue weighted by Gasteiger charge is -2.44. The number of piperazine rings is 1. The molecule has 1 saturated carbocycles. The van der Waals surface area contributed by atoms with Crippen molar-refractivity contribution in [2.75, 3.05) is 39.3 Å². The second-order valence-corrected chi connectivity index (χ2v) is 7.12. The van der Waals surface area contributed by atoms with Crippen LogP contribution in [0.2, 0.25) is 0 Å². The minimum atomic E-state index is 0.0800. The number of carbonyl (C=O) groups excluding carboxylic acids is 1. The first-order chi connectivity index (χ1) is 11.7. The summed E-state index contributed by atoms with van der Waals surface area (Å²) in [5, 5.41) is 0. The van der Waals surface area contributed by atoms with Crippen molar-refractivity contribution in [1.82, 2.24) is 14.7 Å². The van der Waals surface area contributed by atoms with E-state index in [1.165, 1.54) is 19.3 Å². The lowest BCUT2D eigenvalue weighted by molar-refractivity contribution is 0.0745. The Kier molecular flexibility index (Phi) is 4.27. The molecule has 4 rings (SSSR count). The minimum absolute atomic E-state index is 0.0800. The third-order valence-electron chi connectivity index (χ3n) is 5.52. The fourth-order valence-electron chi connectivity index (χ4n) is 3.87. The molecule has 5 heteroatoms. The van der Waals surface area contributed by atoms with Crippen molar-refractivity contribution in [1.29, 1.82) is 0 Å². The van der Waals surface area contributed by atoms with Crippen LogP contribution in [0.4, 0.5) is 0 Å². The van der Waals surface area contributed by atoms with E-state index in [4.69, 9.17) is 0 Å². The van der Waals surface area contributed by atoms with E-state index in [-0.39, 0.29) is 5.91 Å². The summed E-state index contributed by atoms with van der Waals surface area (Å²) in [6.45, 7) is 7.59. The topological polar surface area (TPSA) is 39.2 Å².